The van der Waals surface area contributed by atoms with Gasteiger partial charge in [0.05, 0.1) is 6.61 Å². The van der Waals surface area contributed by atoms with Crippen molar-refractivity contribution in [1.29, 1.82) is 0 Å². The summed E-state index contributed by atoms with van der Waals surface area (Å²) in [5.74, 6) is 1.28. The fourth-order valence-electron chi connectivity index (χ4n) is 2.71. The van der Waals surface area contributed by atoms with E-state index in [1.165, 1.54) is 0 Å². The molecule has 1 rings (SSSR count). The molecular weight excluding hydrogens is 423 g/mol. The maximum absolute atomic E-state index is 11.4. The van der Waals surface area contributed by atoms with Crippen LogP contribution in [0.25, 0.3) is 0 Å². The number of likely N-dealkylation sites (tertiary alicyclic amines) is 1. The van der Waals surface area contributed by atoms with E-state index in [1.54, 1.807) is 14.1 Å². The van der Waals surface area contributed by atoms with Crippen LogP contribution in [-0.2, 0) is 14.3 Å². The summed E-state index contributed by atoms with van der Waals surface area (Å²) in [6.45, 7) is 4.74. The number of aliphatic imine (C=N–C) groups is 1. The third kappa shape index (κ3) is 8.70. The van der Waals surface area contributed by atoms with E-state index in [2.05, 4.69) is 20.5 Å². The van der Waals surface area contributed by atoms with Crippen molar-refractivity contribution in [2.45, 2.75) is 39.0 Å². The Morgan fingerprint density at radius 1 is 1.29 bits per heavy atom. The van der Waals surface area contributed by atoms with E-state index in [1.807, 2.05) is 6.92 Å². The van der Waals surface area contributed by atoms with Crippen molar-refractivity contribution in [3.63, 3.8) is 0 Å². The predicted octanol–water partition coefficient (Wildman–Crippen LogP) is 1.37. The summed E-state index contributed by atoms with van der Waals surface area (Å²) in [7, 11) is 3.45. The average molecular weight is 454 g/mol. The highest BCUT2D eigenvalue weighted by Crippen LogP contribution is 2.20. The number of piperidine rings is 1. The van der Waals surface area contributed by atoms with Crippen molar-refractivity contribution in [1.82, 2.24) is 15.5 Å². The van der Waals surface area contributed by atoms with E-state index in [4.69, 9.17) is 4.74 Å². The van der Waals surface area contributed by atoms with Crippen LogP contribution in [0.4, 0.5) is 0 Å². The van der Waals surface area contributed by atoms with Crippen LogP contribution in [0.3, 0.4) is 0 Å². The molecular formula is C16H31IN4O3. The second-order valence-electron chi connectivity index (χ2n) is 5.69. The molecule has 1 fully saturated rings. The van der Waals surface area contributed by atoms with Crippen LogP contribution in [0, 0.1) is 5.92 Å². The Bertz CT molecular complexity index is 410. The number of nitrogens with zero attached hydrogens (tertiary/aromatic N) is 2. The SMILES string of the molecule is CCOC(=O)CCCNC(=NC)N1CCC(CC(=O)NC)CC1.I. The topological polar surface area (TPSA) is 83.0 Å². The van der Waals surface area contributed by atoms with Crippen molar-refractivity contribution >= 4 is 41.8 Å². The normalized spacial score (nSPS) is 15.5. The number of halogens is 1. The zero-order chi connectivity index (χ0) is 17.1. The Balaban J connectivity index is 0.00000529. The van der Waals surface area contributed by atoms with E-state index in [9.17, 15) is 9.59 Å². The van der Waals surface area contributed by atoms with E-state index < -0.39 is 0 Å². The number of nitrogens with one attached hydrogen (secondary N) is 2. The molecule has 1 saturated heterocycles. The zero-order valence-corrected chi connectivity index (χ0v) is 17.3. The van der Waals surface area contributed by atoms with Gasteiger partial charge in [-0.1, -0.05) is 0 Å². The molecule has 0 saturated carbocycles. The Hall–Kier alpha value is -1.06. The lowest BCUT2D eigenvalue weighted by Gasteiger charge is -2.34. The number of esters is 1. The number of hydrogen-bond donors (Lipinski definition) is 2. The number of carbonyl (C=O) groups is 2. The van der Waals surface area contributed by atoms with Crippen molar-refractivity contribution in [2.75, 3.05) is 40.3 Å². The van der Waals surface area contributed by atoms with Gasteiger partial charge in [-0.3, -0.25) is 14.6 Å². The fraction of sp³-hybridized carbons (Fsp3) is 0.812. The maximum atomic E-state index is 11.4. The Labute approximate surface area is 162 Å². The van der Waals surface area contributed by atoms with Crippen molar-refractivity contribution in [3.05, 3.63) is 0 Å². The van der Waals surface area contributed by atoms with Crippen LogP contribution in [0.2, 0.25) is 0 Å². The van der Waals surface area contributed by atoms with Gasteiger partial charge in [-0.25, -0.2) is 0 Å². The molecule has 0 aromatic rings. The first kappa shape index (κ1) is 22.9. The summed E-state index contributed by atoms with van der Waals surface area (Å²) in [6, 6.07) is 0. The van der Waals surface area contributed by atoms with Gasteiger partial charge < -0.3 is 20.3 Å². The zero-order valence-electron chi connectivity index (χ0n) is 15.0. The lowest BCUT2D eigenvalue weighted by molar-refractivity contribution is -0.143. The minimum Gasteiger partial charge on any atom is -0.466 e. The number of rotatable bonds is 7. The third-order valence-corrected chi connectivity index (χ3v) is 4.02. The molecule has 1 heterocycles. The first-order chi connectivity index (χ1) is 11.1. The molecule has 0 aromatic heterocycles. The highest BCUT2D eigenvalue weighted by atomic mass is 127. The van der Waals surface area contributed by atoms with Crippen LogP contribution in [0.15, 0.2) is 4.99 Å². The summed E-state index contributed by atoms with van der Waals surface area (Å²) < 4.78 is 4.90. The minimum absolute atomic E-state index is 0. The fourth-order valence-corrected chi connectivity index (χ4v) is 2.71. The second kappa shape index (κ2) is 13.3. The molecule has 140 valence electrons. The quantitative estimate of drug-likeness (QED) is 0.200. The molecule has 8 heteroatoms. The number of amides is 1. The van der Waals surface area contributed by atoms with Crippen LogP contribution in [-0.4, -0.2) is 63.1 Å². The predicted molar refractivity (Wildman–Crippen MR) is 106 cm³/mol. The standard InChI is InChI=1S/C16H30N4O3.HI/c1-4-23-15(22)6-5-9-19-16(18-3)20-10-7-13(8-11-20)12-14(21)17-2;/h13H,4-12H2,1-3H3,(H,17,21)(H,18,19);1H. The van der Waals surface area contributed by atoms with Crippen LogP contribution >= 0.6 is 24.0 Å². The first-order valence-electron chi connectivity index (χ1n) is 8.42. The smallest absolute Gasteiger partial charge is 0.305 e. The Morgan fingerprint density at radius 3 is 2.50 bits per heavy atom. The molecule has 1 aliphatic heterocycles. The minimum atomic E-state index is -0.153. The highest BCUT2D eigenvalue weighted by molar-refractivity contribution is 14.0. The van der Waals surface area contributed by atoms with Gasteiger partial charge >= 0.3 is 5.97 Å². The lowest BCUT2D eigenvalue weighted by atomic mass is 9.93. The molecule has 0 bridgehead atoms. The molecule has 1 aliphatic rings. The molecule has 7 nitrogen and oxygen atoms in total. The van der Waals surface area contributed by atoms with Gasteiger partial charge in [0.15, 0.2) is 5.96 Å². The monoisotopic (exact) mass is 454 g/mol. The van der Waals surface area contributed by atoms with Gasteiger partial charge in [-0.05, 0) is 32.1 Å². The molecule has 0 aromatic carbocycles. The summed E-state index contributed by atoms with van der Waals surface area (Å²) in [5, 5.41) is 5.98. The molecule has 0 aliphatic carbocycles. The molecule has 1 amide bonds. The third-order valence-electron chi connectivity index (χ3n) is 4.02. The summed E-state index contributed by atoms with van der Waals surface area (Å²) in [4.78, 5) is 29.2. The van der Waals surface area contributed by atoms with Gasteiger partial charge in [-0.2, -0.15) is 0 Å². The van der Waals surface area contributed by atoms with E-state index in [0.717, 1.165) is 38.3 Å². The Morgan fingerprint density at radius 2 is 1.96 bits per heavy atom. The molecule has 24 heavy (non-hydrogen) atoms. The van der Waals surface area contributed by atoms with Crippen molar-refractivity contribution in [3.8, 4) is 0 Å². The van der Waals surface area contributed by atoms with Crippen molar-refractivity contribution in [2.24, 2.45) is 10.9 Å². The van der Waals surface area contributed by atoms with Crippen LogP contribution in [0.1, 0.15) is 39.0 Å². The Kier molecular flexibility index (Phi) is 12.7. The van der Waals surface area contributed by atoms with E-state index in [0.29, 0.717) is 31.9 Å². The molecule has 0 atom stereocenters. The summed E-state index contributed by atoms with van der Waals surface area (Å²) in [6.07, 6.45) is 3.75. The van der Waals surface area contributed by atoms with Crippen LogP contribution < -0.4 is 10.6 Å². The number of carbonyl (C=O) groups excluding carboxylic acids is 2. The largest absolute Gasteiger partial charge is 0.466 e. The van der Waals surface area contributed by atoms with Crippen LogP contribution in [0.5, 0.6) is 0 Å². The van der Waals surface area contributed by atoms with Gasteiger partial charge in [0.1, 0.15) is 0 Å². The molecule has 2 N–H and O–H groups in total. The number of ether oxygens (including phenoxy) is 1. The lowest BCUT2D eigenvalue weighted by Crippen LogP contribution is -2.46. The first-order valence-corrected chi connectivity index (χ1v) is 8.42. The van der Waals surface area contributed by atoms with Gasteiger partial charge in [0, 0.05) is 46.6 Å². The maximum Gasteiger partial charge on any atom is 0.305 e. The van der Waals surface area contributed by atoms with E-state index in [-0.39, 0.29) is 35.9 Å². The molecule has 0 spiro atoms. The number of hydrogen-bond acceptors (Lipinski definition) is 4. The summed E-state index contributed by atoms with van der Waals surface area (Å²) in [5.41, 5.74) is 0. The van der Waals surface area contributed by atoms with Gasteiger partial charge in [0.2, 0.25) is 5.91 Å². The van der Waals surface area contributed by atoms with Gasteiger partial charge in [0.25, 0.3) is 0 Å². The number of guanidine groups is 1. The van der Waals surface area contributed by atoms with Crippen molar-refractivity contribution < 1.29 is 14.3 Å². The molecule has 0 unspecified atom stereocenters. The molecule has 0 radical (unpaired) electrons. The summed E-state index contributed by atoms with van der Waals surface area (Å²) >= 11 is 0. The van der Waals surface area contributed by atoms with Gasteiger partial charge in [-0.15, -0.1) is 24.0 Å². The van der Waals surface area contributed by atoms with E-state index >= 15 is 0 Å². The second-order valence-corrected chi connectivity index (χ2v) is 5.69. The average Bonchev–Trinajstić information content (AvgIpc) is 2.56. The highest BCUT2D eigenvalue weighted by Gasteiger charge is 2.22.